The van der Waals surface area contributed by atoms with Crippen molar-refractivity contribution < 1.29 is 14.6 Å². The Morgan fingerprint density at radius 1 is 1.56 bits per heavy atom. The van der Waals surface area contributed by atoms with Crippen molar-refractivity contribution in [3.63, 3.8) is 0 Å². The van der Waals surface area contributed by atoms with Crippen LogP contribution in [0, 0.1) is 6.92 Å². The van der Waals surface area contributed by atoms with Gasteiger partial charge in [0.1, 0.15) is 17.9 Å². The maximum absolute atomic E-state index is 11.1. The summed E-state index contributed by atoms with van der Waals surface area (Å²) < 4.78 is 6.20. The molecule has 1 aromatic carbocycles. The molecule has 0 spiro atoms. The lowest BCUT2D eigenvalue weighted by atomic mass is 10.2. The molecular formula is C12H10BrNO3S. The van der Waals surface area contributed by atoms with Crippen molar-refractivity contribution in [2.75, 3.05) is 0 Å². The number of aromatic carboxylic acids is 1. The maximum Gasteiger partial charge on any atom is 0.339 e. The summed E-state index contributed by atoms with van der Waals surface area (Å²) in [4.78, 5) is 16.2. The summed E-state index contributed by atoms with van der Waals surface area (Å²) in [5.74, 6) is -0.664. The summed E-state index contributed by atoms with van der Waals surface area (Å²) in [5, 5.41) is 10.0. The maximum atomic E-state index is 11.1. The third-order valence-corrected chi connectivity index (χ3v) is 3.74. The van der Waals surface area contributed by atoms with Crippen LogP contribution in [0.15, 0.2) is 28.9 Å². The second-order valence-corrected chi connectivity index (χ2v) is 5.73. The molecule has 0 fully saturated rings. The average molecular weight is 328 g/mol. The normalized spacial score (nSPS) is 10.3. The van der Waals surface area contributed by atoms with Gasteiger partial charge in [0.05, 0.1) is 14.4 Å². The first kappa shape index (κ1) is 13.0. The van der Waals surface area contributed by atoms with Gasteiger partial charge in [0, 0.05) is 6.20 Å². The molecule has 18 heavy (non-hydrogen) atoms. The van der Waals surface area contributed by atoms with E-state index in [0.717, 1.165) is 9.88 Å². The SMILES string of the molecule is Cc1ncc(COc2c(Br)cccc2C(=O)O)s1. The summed E-state index contributed by atoms with van der Waals surface area (Å²) in [6.45, 7) is 2.23. The summed E-state index contributed by atoms with van der Waals surface area (Å²) in [6.07, 6.45) is 1.73. The highest BCUT2D eigenvalue weighted by molar-refractivity contribution is 9.10. The van der Waals surface area contributed by atoms with E-state index in [1.807, 2.05) is 6.92 Å². The molecule has 4 nitrogen and oxygen atoms in total. The van der Waals surface area contributed by atoms with Crippen LogP contribution >= 0.6 is 27.3 Å². The third-order valence-electron chi connectivity index (χ3n) is 2.23. The number of para-hydroxylation sites is 1. The topological polar surface area (TPSA) is 59.4 Å². The lowest BCUT2D eigenvalue weighted by molar-refractivity contribution is 0.0691. The number of carboxylic acids is 1. The quantitative estimate of drug-likeness (QED) is 0.933. The fourth-order valence-corrected chi connectivity index (χ4v) is 2.63. The highest BCUT2D eigenvalue weighted by Crippen LogP contribution is 2.30. The van der Waals surface area contributed by atoms with Crippen LogP contribution in [0.25, 0.3) is 0 Å². The second kappa shape index (κ2) is 5.49. The fourth-order valence-electron chi connectivity index (χ4n) is 1.44. The van der Waals surface area contributed by atoms with Gasteiger partial charge in [0.2, 0.25) is 0 Å². The van der Waals surface area contributed by atoms with Crippen molar-refractivity contribution in [2.45, 2.75) is 13.5 Å². The minimum absolute atomic E-state index is 0.144. The lowest BCUT2D eigenvalue weighted by Crippen LogP contribution is -2.03. The number of aryl methyl sites for hydroxylation is 1. The van der Waals surface area contributed by atoms with E-state index < -0.39 is 5.97 Å². The van der Waals surface area contributed by atoms with Crippen molar-refractivity contribution in [3.8, 4) is 5.75 Å². The molecule has 2 rings (SSSR count). The number of benzene rings is 1. The van der Waals surface area contributed by atoms with Crippen LogP contribution in [0.1, 0.15) is 20.2 Å². The number of halogens is 1. The Morgan fingerprint density at radius 3 is 2.94 bits per heavy atom. The Hall–Kier alpha value is -1.40. The van der Waals surface area contributed by atoms with Gasteiger partial charge in [0.15, 0.2) is 0 Å². The first-order valence-corrected chi connectivity index (χ1v) is 6.75. The first-order chi connectivity index (χ1) is 8.58. The summed E-state index contributed by atoms with van der Waals surface area (Å²) in [5.41, 5.74) is 0.144. The van der Waals surface area contributed by atoms with Gasteiger partial charge in [0.25, 0.3) is 0 Å². The van der Waals surface area contributed by atoms with Gasteiger partial charge in [-0.1, -0.05) is 6.07 Å². The molecule has 1 aromatic heterocycles. The lowest BCUT2D eigenvalue weighted by Gasteiger charge is -2.09. The van der Waals surface area contributed by atoms with Gasteiger partial charge in [-0.2, -0.15) is 0 Å². The second-order valence-electron chi connectivity index (χ2n) is 3.56. The molecule has 6 heteroatoms. The van der Waals surface area contributed by atoms with E-state index >= 15 is 0 Å². The van der Waals surface area contributed by atoms with Crippen molar-refractivity contribution in [2.24, 2.45) is 0 Å². The van der Waals surface area contributed by atoms with E-state index in [0.29, 0.717) is 16.8 Å². The molecule has 94 valence electrons. The number of hydrogen-bond acceptors (Lipinski definition) is 4. The zero-order valence-corrected chi connectivity index (χ0v) is 11.9. The molecule has 0 aliphatic carbocycles. The van der Waals surface area contributed by atoms with Crippen LogP contribution in [0.5, 0.6) is 5.75 Å². The number of ether oxygens (including phenoxy) is 1. The zero-order valence-electron chi connectivity index (χ0n) is 9.51. The fraction of sp³-hybridized carbons (Fsp3) is 0.167. The molecule has 1 N–H and O–H groups in total. The van der Waals surface area contributed by atoms with Crippen LogP contribution in [0.3, 0.4) is 0 Å². The minimum Gasteiger partial charge on any atom is -0.486 e. The molecule has 0 radical (unpaired) electrons. The molecule has 0 aliphatic rings. The Balaban J connectivity index is 2.20. The number of carboxylic acid groups (broad SMARTS) is 1. The van der Waals surface area contributed by atoms with Crippen LogP contribution in [0.2, 0.25) is 0 Å². The molecule has 0 bridgehead atoms. The van der Waals surface area contributed by atoms with E-state index in [-0.39, 0.29) is 5.56 Å². The predicted octanol–water partition coefficient (Wildman–Crippen LogP) is 3.49. The Kier molecular flexibility index (Phi) is 3.98. The molecule has 1 heterocycles. The summed E-state index contributed by atoms with van der Waals surface area (Å²) in [7, 11) is 0. The first-order valence-electron chi connectivity index (χ1n) is 5.14. The third kappa shape index (κ3) is 2.88. The molecular weight excluding hydrogens is 318 g/mol. The van der Waals surface area contributed by atoms with Crippen LogP contribution in [-0.4, -0.2) is 16.1 Å². The van der Waals surface area contributed by atoms with Gasteiger partial charge in [-0.05, 0) is 35.0 Å². The largest absolute Gasteiger partial charge is 0.486 e. The minimum atomic E-state index is -1.01. The zero-order chi connectivity index (χ0) is 13.1. The monoisotopic (exact) mass is 327 g/mol. The molecule has 0 saturated carbocycles. The van der Waals surface area contributed by atoms with E-state index in [9.17, 15) is 4.79 Å². The number of carbonyl (C=O) groups is 1. The Morgan fingerprint density at radius 2 is 2.33 bits per heavy atom. The Labute approximate surface area is 116 Å². The number of aromatic nitrogens is 1. The van der Waals surface area contributed by atoms with Gasteiger partial charge in [-0.15, -0.1) is 11.3 Å². The van der Waals surface area contributed by atoms with Crippen molar-refractivity contribution in [3.05, 3.63) is 44.3 Å². The molecule has 0 saturated heterocycles. The summed E-state index contributed by atoms with van der Waals surface area (Å²) in [6, 6.07) is 4.93. The van der Waals surface area contributed by atoms with Crippen LogP contribution in [0.4, 0.5) is 0 Å². The van der Waals surface area contributed by atoms with Gasteiger partial charge >= 0.3 is 5.97 Å². The highest BCUT2D eigenvalue weighted by atomic mass is 79.9. The van der Waals surface area contributed by atoms with Gasteiger partial charge in [-0.3, -0.25) is 0 Å². The van der Waals surface area contributed by atoms with Gasteiger partial charge < -0.3 is 9.84 Å². The predicted molar refractivity (Wildman–Crippen MR) is 72.3 cm³/mol. The molecule has 0 atom stereocenters. The number of nitrogens with zero attached hydrogens (tertiary/aromatic N) is 1. The molecule has 0 unspecified atom stereocenters. The van der Waals surface area contributed by atoms with Crippen molar-refractivity contribution in [1.82, 2.24) is 4.98 Å². The molecule has 0 aliphatic heterocycles. The van der Waals surface area contributed by atoms with E-state index in [1.54, 1.807) is 18.3 Å². The van der Waals surface area contributed by atoms with Crippen molar-refractivity contribution >= 4 is 33.2 Å². The highest BCUT2D eigenvalue weighted by Gasteiger charge is 2.14. The molecule has 2 aromatic rings. The number of hydrogen-bond donors (Lipinski definition) is 1. The number of rotatable bonds is 4. The summed E-state index contributed by atoms with van der Waals surface area (Å²) >= 11 is 4.82. The van der Waals surface area contributed by atoms with E-state index in [1.165, 1.54) is 17.4 Å². The standard InChI is InChI=1S/C12H10BrNO3S/c1-7-14-5-8(18-7)6-17-11-9(12(15)16)3-2-4-10(11)13/h2-5H,6H2,1H3,(H,15,16). The van der Waals surface area contributed by atoms with E-state index in [4.69, 9.17) is 9.84 Å². The number of thiazole rings is 1. The molecule has 0 amide bonds. The van der Waals surface area contributed by atoms with Crippen LogP contribution in [-0.2, 0) is 6.61 Å². The van der Waals surface area contributed by atoms with E-state index in [2.05, 4.69) is 20.9 Å². The van der Waals surface area contributed by atoms with Gasteiger partial charge in [-0.25, -0.2) is 9.78 Å². The smallest absolute Gasteiger partial charge is 0.339 e. The van der Waals surface area contributed by atoms with Crippen molar-refractivity contribution in [1.29, 1.82) is 0 Å². The van der Waals surface area contributed by atoms with Crippen LogP contribution < -0.4 is 4.74 Å². The Bertz CT molecular complexity index is 582. The average Bonchev–Trinajstić information content (AvgIpc) is 2.73.